The van der Waals surface area contributed by atoms with Gasteiger partial charge >= 0.3 is 6.03 Å². The van der Waals surface area contributed by atoms with Gasteiger partial charge in [0.25, 0.3) is 0 Å². The van der Waals surface area contributed by atoms with Crippen LogP contribution in [0.2, 0.25) is 5.02 Å². The Kier molecular flexibility index (Phi) is 8.19. The molecule has 0 radical (unpaired) electrons. The van der Waals surface area contributed by atoms with Gasteiger partial charge in [-0.25, -0.2) is 4.79 Å². The summed E-state index contributed by atoms with van der Waals surface area (Å²) in [6, 6.07) is 14.8. The summed E-state index contributed by atoms with van der Waals surface area (Å²) in [6.07, 6.45) is -0.569. The van der Waals surface area contributed by atoms with Crippen LogP contribution in [0.4, 0.5) is 16.2 Å². The minimum absolute atomic E-state index is 0.223. The Hall–Kier alpha value is -2.48. The van der Waals surface area contributed by atoms with E-state index in [1.165, 1.54) is 5.69 Å². The molecule has 30 heavy (non-hydrogen) atoms. The van der Waals surface area contributed by atoms with Crippen molar-refractivity contribution in [2.45, 2.75) is 13.0 Å². The maximum Gasteiger partial charge on any atom is 0.319 e. The van der Waals surface area contributed by atoms with Gasteiger partial charge in [0.05, 0.1) is 0 Å². The van der Waals surface area contributed by atoms with E-state index >= 15 is 0 Å². The Morgan fingerprint density at radius 3 is 2.40 bits per heavy atom. The van der Waals surface area contributed by atoms with Crippen molar-refractivity contribution in [1.29, 1.82) is 0 Å². The van der Waals surface area contributed by atoms with Crippen LogP contribution in [-0.4, -0.2) is 68.0 Å². The zero-order chi connectivity index (χ0) is 21.3. The van der Waals surface area contributed by atoms with Crippen molar-refractivity contribution in [1.82, 2.24) is 10.2 Å². The number of carbonyl (C=O) groups excluding carboxylic acids is 1. The lowest BCUT2D eigenvalue weighted by atomic mass is 10.2. The fourth-order valence-electron chi connectivity index (χ4n) is 3.35. The molecule has 8 heteroatoms. The molecule has 0 aliphatic carbocycles. The van der Waals surface area contributed by atoms with Gasteiger partial charge < -0.3 is 25.4 Å². The molecule has 162 valence electrons. The van der Waals surface area contributed by atoms with Crippen molar-refractivity contribution >= 4 is 29.0 Å². The Bertz CT molecular complexity index is 793. The highest BCUT2D eigenvalue weighted by molar-refractivity contribution is 6.30. The number of hydrogen-bond donors (Lipinski definition) is 3. The highest BCUT2D eigenvalue weighted by Gasteiger charge is 2.19. The van der Waals surface area contributed by atoms with Crippen LogP contribution in [0.25, 0.3) is 0 Å². The van der Waals surface area contributed by atoms with Crippen molar-refractivity contribution in [3.05, 3.63) is 53.6 Å². The molecular formula is C22H29ClN4O3. The molecule has 2 aromatic carbocycles. The summed E-state index contributed by atoms with van der Waals surface area (Å²) in [6.45, 7) is 6.83. The molecule has 1 saturated heterocycles. The number of benzene rings is 2. The summed E-state index contributed by atoms with van der Waals surface area (Å²) in [5.41, 5.74) is 1.86. The number of nitrogens with one attached hydrogen (secondary N) is 2. The summed E-state index contributed by atoms with van der Waals surface area (Å²) in [5, 5.41) is 16.5. The standard InChI is InChI=1S/C22H29ClN4O3/c1-2-24-22(29)25-18-5-9-21(10-6-18)30-16-20(28)15-26-11-13-27(14-12-26)19-7-3-17(23)4-8-19/h3-10,20,28H,2,11-16H2,1H3,(H2,24,25,29)/t20-/m0/s1. The zero-order valence-corrected chi connectivity index (χ0v) is 17.9. The van der Waals surface area contributed by atoms with Crippen LogP contribution in [0, 0.1) is 0 Å². The van der Waals surface area contributed by atoms with E-state index in [-0.39, 0.29) is 12.6 Å². The number of carbonyl (C=O) groups is 1. The molecule has 1 atom stereocenters. The molecule has 0 spiro atoms. The molecule has 3 rings (SSSR count). The number of aliphatic hydroxyl groups is 1. The van der Waals surface area contributed by atoms with Crippen LogP contribution >= 0.6 is 11.6 Å². The number of amides is 2. The van der Waals surface area contributed by atoms with Crippen LogP contribution in [0.15, 0.2) is 48.5 Å². The number of halogens is 1. The van der Waals surface area contributed by atoms with Gasteiger partial charge in [0.1, 0.15) is 18.5 Å². The van der Waals surface area contributed by atoms with Gasteiger partial charge in [-0.05, 0) is 55.5 Å². The lowest BCUT2D eigenvalue weighted by molar-refractivity contribution is 0.0663. The smallest absolute Gasteiger partial charge is 0.319 e. The van der Waals surface area contributed by atoms with E-state index in [2.05, 4.69) is 20.4 Å². The Morgan fingerprint density at radius 2 is 1.77 bits per heavy atom. The second-order valence-electron chi connectivity index (χ2n) is 7.24. The van der Waals surface area contributed by atoms with Gasteiger partial charge in [-0.2, -0.15) is 0 Å². The Balaban J connectivity index is 1.37. The first-order valence-corrected chi connectivity index (χ1v) is 10.6. The normalized spacial score (nSPS) is 15.5. The maximum absolute atomic E-state index is 11.5. The summed E-state index contributed by atoms with van der Waals surface area (Å²) >= 11 is 5.96. The highest BCUT2D eigenvalue weighted by Crippen LogP contribution is 2.20. The third-order valence-electron chi connectivity index (χ3n) is 4.92. The quantitative estimate of drug-likeness (QED) is 0.597. The fraction of sp³-hybridized carbons (Fsp3) is 0.409. The number of ether oxygens (including phenoxy) is 1. The second-order valence-corrected chi connectivity index (χ2v) is 7.67. The monoisotopic (exact) mass is 432 g/mol. The van der Waals surface area contributed by atoms with E-state index in [4.69, 9.17) is 16.3 Å². The summed E-state index contributed by atoms with van der Waals surface area (Å²) in [4.78, 5) is 16.1. The Labute approximate surface area is 182 Å². The summed E-state index contributed by atoms with van der Waals surface area (Å²) in [5.74, 6) is 0.656. The molecule has 0 bridgehead atoms. The van der Waals surface area contributed by atoms with E-state index in [1.54, 1.807) is 24.3 Å². The molecule has 7 nitrogen and oxygen atoms in total. The van der Waals surface area contributed by atoms with Gasteiger partial charge in [-0.3, -0.25) is 4.90 Å². The molecule has 2 aromatic rings. The van der Waals surface area contributed by atoms with Gasteiger partial charge in [-0.1, -0.05) is 11.6 Å². The van der Waals surface area contributed by atoms with Crippen LogP contribution in [0.3, 0.4) is 0 Å². The predicted molar refractivity (Wildman–Crippen MR) is 121 cm³/mol. The van der Waals surface area contributed by atoms with Gasteiger partial charge in [0.2, 0.25) is 0 Å². The molecule has 0 unspecified atom stereocenters. The van der Waals surface area contributed by atoms with Crippen molar-refractivity contribution in [3.63, 3.8) is 0 Å². The number of piperazine rings is 1. The predicted octanol–water partition coefficient (Wildman–Crippen LogP) is 3.04. The first-order chi connectivity index (χ1) is 14.5. The molecule has 1 aliphatic heterocycles. The molecule has 1 fully saturated rings. The van der Waals surface area contributed by atoms with Crippen LogP contribution in [-0.2, 0) is 0 Å². The van der Waals surface area contributed by atoms with Gasteiger partial charge in [0, 0.05) is 55.7 Å². The number of β-amino-alcohol motifs (C(OH)–C–C–N with tert-alkyl or cyclic N) is 1. The maximum atomic E-state index is 11.5. The van der Waals surface area contributed by atoms with E-state index in [0.717, 1.165) is 31.2 Å². The van der Waals surface area contributed by atoms with E-state index in [9.17, 15) is 9.90 Å². The van der Waals surface area contributed by atoms with E-state index in [1.807, 2.05) is 31.2 Å². The van der Waals surface area contributed by atoms with Crippen LogP contribution in [0.1, 0.15) is 6.92 Å². The van der Waals surface area contributed by atoms with E-state index in [0.29, 0.717) is 24.5 Å². The lowest BCUT2D eigenvalue weighted by Gasteiger charge is -2.36. The van der Waals surface area contributed by atoms with Crippen LogP contribution < -0.4 is 20.3 Å². The first-order valence-electron chi connectivity index (χ1n) is 10.2. The van der Waals surface area contributed by atoms with Crippen molar-refractivity contribution < 1.29 is 14.6 Å². The second kappa shape index (κ2) is 11.1. The molecule has 3 N–H and O–H groups in total. The molecule has 1 heterocycles. The number of aliphatic hydroxyl groups excluding tert-OH is 1. The third kappa shape index (κ3) is 6.79. The number of nitrogens with zero attached hydrogens (tertiary/aromatic N) is 2. The minimum Gasteiger partial charge on any atom is -0.491 e. The third-order valence-corrected chi connectivity index (χ3v) is 5.18. The van der Waals surface area contributed by atoms with E-state index < -0.39 is 6.10 Å². The van der Waals surface area contributed by atoms with Gasteiger partial charge in [-0.15, -0.1) is 0 Å². The minimum atomic E-state index is -0.569. The molecule has 0 aromatic heterocycles. The first kappa shape index (κ1) is 22.2. The number of rotatable bonds is 8. The number of hydrogen-bond acceptors (Lipinski definition) is 5. The number of anilines is 2. The topological polar surface area (TPSA) is 77.1 Å². The molecular weight excluding hydrogens is 404 g/mol. The van der Waals surface area contributed by atoms with Crippen LogP contribution in [0.5, 0.6) is 5.75 Å². The molecule has 2 amide bonds. The van der Waals surface area contributed by atoms with Crippen molar-refractivity contribution in [3.8, 4) is 5.75 Å². The largest absolute Gasteiger partial charge is 0.491 e. The molecule has 1 aliphatic rings. The van der Waals surface area contributed by atoms with Gasteiger partial charge in [0.15, 0.2) is 0 Å². The van der Waals surface area contributed by atoms with Crippen molar-refractivity contribution in [2.24, 2.45) is 0 Å². The summed E-state index contributed by atoms with van der Waals surface area (Å²) < 4.78 is 5.69. The lowest BCUT2D eigenvalue weighted by Crippen LogP contribution is -2.49. The molecule has 0 saturated carbocycles. The highest BCUT2D eigenvalue weighted by atomic mass is 35.5. The average molecular weight is 433 g/mol. The number of urea groups is 1. The zero-order valence-electron chi connectivity index (χ0n) is 17.2. The van der Waals surface area contributed by atoms with Crippen molar-refractivity contribution in [2.75, 3.05) is 56.1 Å². The summed E-state index contributed by atoms with van der Waals surface area (Å²) in [7, 11) is 0. The SMILES string of the molecule is CCNC(=O)Nc1ccc(OC[C@@H](O)CN2CCN(c3ccc(Cl)cc3)CC2)cc1. The fourth-order valence-corrected chi connectivity index (χ4v) is 3.48. The average Bonchev–Trinajstić information content (AvgIpc) is 2.75. The Morgan fingerprint density at radius 1 is 1.10 bits per heavy atom.